The van der Waals surface area contributed by atoms with Gasteiger partial charge in [0.2, 0.25) is 5.91 Å². The molecule has 2 rings (SSSR count). The summed E-state index contributed by atoms with van der Waals surface area (Å²) in [6.07, 6.45) is 5.19. The summed E-state index contributed by atoms with van der Waals surface area (Å²) in [6.45, 7) is 0.815. The van der Waals surface area contributed by atoms with Crippen molar-refractivity contribution in [3.63, 3.8) is 0 Å². The maximum Gasteiger partial charge on any atom is 0.228 e. The van der Waals surface area contributed by atoms with Crippen molar-refractivity contribution >= 4 is 11.7 Å². The van der Waals surface area contributed by atoms with Gasteiger partial charge in [0.25, 0.3) is 0 Å². The molecule has 1 amide bonds. The number of imidazole rings is 1. The van der Waals surface area contributed by atoms with Crippen molar-refractivity contribution in [2.75, 3.05) is 11.4 Å². The molecule has 0 aliphatic carbocycles. The van der Waals surface area contributed by atoms with Crippen LogP contribution in [0.5, 0.6) is 0 Å². The summed E-state index contributed by atoms with van der Waals surface area (Å²) in [5, 5.41) is 0. The molecule has 4 heteroatoms. The fourth-order valence-corrected chi connectivity index (χ4v) is 1.43. The highest BCUT2D eigenvalue weighted by Crippen LogP contribution is 2.17. The van der Waals surface area contributed by atoms with Gasteiger partial charge < -0.3 is 4.57 Å². The van der Waals surface area contributed by atoms with E-state index in [0.717, 1.165) is 18.8 Å². The van der Waals surface area contributed by atoms with Crippen LogP contribution in [0.4, 0.5) is 5.82 Å². The molecule has 0 atom stereocenters. The third-order valence-electron chi connectivity index (χ3n) is 2.04. The van der Waals surface area contributed by atoms with E-state index in [1.807, 2.05) is 17.8 Å². The summed E-state index contributed by atoms with van der Waals surface area (Å²) >= 11 is 0. The third-order valence-corrected chi connectivity index (χ3v) is 2.04. The zero-order valence-corrected chi connectivity index (χ0v) is 7.03. The van der Waals surface area contributed by atoms with Crippen LogP contribution >= 0.6 is 0 Å². The molecule has 1 saturated heterocycles. The lowest BCUT2D eigenvalue weighted by Crippen LogP contribution is -2.23. The molecule has 1 fully saturated rings. The van der Waals surface area contributed by atoms with Crippen molar-refractivity contribution < 1.29 is 4.79 Å². The average Bonchev–Trinajstić information content (AvgIpc) is 2.58. The first kappa shape index (κ1) is 7.34. The van der Waals surface area contributed by atoms with E-state index < -0.39 is 0 Å². The number of rotatable bonds is 1. The van der Waals surface area contributed by atoms with E-state index in [2.05, 4.69) is 4.98 Å². The predicted molar refractivity (Wildman–Crippen MR) is 44.8 cm³/mol. The summed E-state index contributed by atoms with van der Waals surface area (Å²) in [5.41, 5.74) is 0. The van der Waals surface area contributed by atoms with Gasteiger partial charge in [0, 0.05) is 26.2 Å². The molecular weight excluding hydrogens is 154 g/mol. The Bertz CT molecular complexity index is 305. The van der Waals surface area contributed by atoms with Gasteiger partial charge in [-0.15, -0.1) is 0 Å². The monoisotopic (exact) mass is 165 g/mol. The van der Waals surface area contributed by atoms with E-state index in [-0.39, 0.29) is 5.91 Å². The van der Waals surface area contributed by atoms with Gasteiger partial charge in [-0.05, 0) is 6.42 Å². The Balaban J connectivity index is 2.24. The molecule has 0 bridgehead atoms. The van der Waals surface area contributed by atoms with E-state index in [9.17, 15) is 4.79 Å². The largest absolute Gasteiger partial charge is 0.338 e. The van der Waals surface area contributed by atoms with E-state index in [1.54, 1.807) is 11.2 Å². The van der Waals surface area contributed by atoms with E-state index in [0.29, 0.717) is 6.42 Å². The van der Waals surface area contributed by atoms with Gasteiger partial charge in [0.05, 0.1) is 6.33 Å². The molecule has 0 spiro atoms. The summed E-state index contributed by atoms with van der Waals surface area (Å²) < 4.78 is 1.85. The highest BCUT2D eigenvalue weighted by atomic mass is 16.2. The smallest absolute Gasteiger partial charge is 0.228 e. The van der Waals surface area contributed by atoms with Gasteiger partial charge >= 0.3 is 0 Å². The number of hydrogen-bond acceptors (Lipinski definition) is 2. The van der Waals surface area contributed by atoms with Crippen LogP contribution in [0.1, 0.15) is 12.8 Å². The zero-order chi connectivity index (χ0) is 8.55. The number of anilines is 1. The second-order valence-electron chi connectivity index (χ2n) is 3.05. The molecule has 1 aliphatic rings. The first-order chi connectivity index (χ1) is 5.77. The van der Waals surface area contributed by atoms with Crippen molar-refractivity contribution in [2.45, 2.75) is 12.8 Å². The van der Waals surface area contributed by atoms with Crippen LogP contribution in [0, 0.1) is 0 Å². The van der Waals surface area contributed by atoms with Gasteiger partial charge in [-0.25, -0.2) is 4.98 Å². The van der Waals surface area contributed by atoms with Crippen molar-refractivity contribution in [3.8, 4) is 0 Å². The lowest BCUT2D eigenvalue weighted by Gasteiger charge is -2.10. The molecule has 0 N–H and O–H groups in total. The summed E-state index contributed by atoms with van der Waals surface area (Å²) in [5.74, 6) is 0.966. The standard InChI is InChI=1S/C8H11N3O/c1-10-5-7(9-6-10)11-4-2-3-8(11)12/h5-6H,2-4H2,1H3. The van der Waals surface area contributed by atoms with Crippen molar-refractivity contribution in [3.05, 3.63) is 12.5 Å². The lowest BCUT2D eigenvalue weighted by molar-refractivity contribution is -0.117. The first-order valence-electron chi connectivity index (χ1n) is 4.06. The first-order valence-corrected chi connectivity index (χ1v) is 4.06. The molecule has 1 aliphatic heterocycles. The van der Waals surface area contributed by atoms with Crippen LogP contribution in [0.3, 0.4) is 0 Å². The van der Waals surface area contributed by atoms with Crippen molar-refractivity contribution in [1.82, 2.24) is 9.55 Å². The number of aromatic nitrogens is 2. The Morgan fingerprint density at radius 1 is 1.58 bits per heavy atom. The van der Waals surface area contributed by atoms with Crippen LogP contribution in [-0.4, -0.2) is 22.0 Å². The second-order valence-corrected chi connectivity index (χ2v) is 3.05. The SMILES string of the molecule is Cn1cnc(N2CCCC2=O)c1. The van der Waals surface area contributed by atoms with Crippen LogP contribution < -0.4 is 4.90 Å². The predicted octanol–water partition coefficient (Wildman–Crippen LogP) is 0.547. The molecule has 64 valence electrons. The minimum atomic E-state index is 0.189. The van der Waals surface area contributed by atoms with Crippen LogP contribution in [0.2, 0.25) is 0 Å². The molecular formula is C8H11N3O. The molecule has 4 nitrogen and oxygen atoms in total. The molecule has 0 aromatic carbocycles. The summed E-state index contributed by atoms with van der Waals surface area (Å²) in [4.78, 5) is 17.1. The maximum absolute atomic E-state index is 11.3. The fraction of sp³-hybridized carbons (Fsp3) is 0.500. The van der Waals surface area contributed by atoms with Crippen LogP contribution in [0.25, 0.3) is 0 Å². The maximum atomic E-state index is 11.3. The van der Waals surface area contributed by atoms with Gasteiger partial charge in [0.15, 0.2) is 5.82 Å². The Hall–Kier alpha value is -1.32. The molecule has 0 radical (unpaired) electrons. The highest BCUT2D eigenvalue weighted by Gasteiger charge is 2.22. The average molecular weight is 165 g/mol. The van der Waals surface area contributed by atoms with E-state index >= 15 is 0 Å². The number of nitrogens with zero attached hydrogens (tertiary/aromatic N) is 3. The van der Waals surface area contributed by atoms with Gasteiger partial charge in [0.1, 0.15) is 0 Å². The van der Waals surface area contributed by atoms with Crippen molar-refractivity contribution in [2.24, 2.45) is 7.05 Å². The molecule has 1 aromatic heterocycles. The Morgan fingerprint density at radius 2 is 2.42 bits per heavy atom. The van der Waals surface area contributed by atoms with Gasteiger partial charge in [-0.3, -0.25) is 9.69 Å². The lowest BCUT2D eigenvalue weighted by atomic mass is 10.4. The molecule has 0 saturated carbocycles. The second kappa shape index (κ2) is 2.62. The van der Waals surface area contributed by atoms with E-state index in [4.69, 9.17) is 0 Å². The number of carbonyl (C=O) groups is 1. The number of carbonyl (C=O) groups excluding carboxylic acids is 1. The van der Waals surface area contributed by atoms with Crippen molar-refractivity contribution in [1.29, 1.82) is 0 Å². The quantitative estimate of drug-likeness (QED) is 0.609. The van der Waals surface area contributed by atoms with Crippen LogP contribution in [-0.2, 0) is 11.8 Å². The Kier molecular flexibility index (Phi) is 1.60. The summed E-state index contributed by atoms with van der Waals surface area (Å²) in [6, 6.07) is 0. The number of aryl methyl sites for hydroxylation is 1. The zero-order valence-electron chi connectivity index (χ0n) is 7.03. The Morgan fingerprint density at radius 3 is 2.92 bits per heavy atom. The fourth-order valence-electron chi connectivity index (χ4n) is 1.43. The minimum Gasteiger partial charge on any atom is -0.338 e. The van der Waals surface area contributed by atoms with Crippen LogP contribution in [0.15, 0.2) is 12.5 Å². The Labute approximate surface area is 70.8 Å². The molecule has 12 heavy (non-hydrogen) atoms. The van der Waals surface area contributed by atoms with Gasteiger partial charge in [-0.1, -0.05) is 0 Å². The van der Waals surface area contributed by atoms with E-state index in [1.165, 1.54) is 0 Å². The van der Waals surface area contributed by atoms with Gasteiger partial charge in [-0.2, -0.15) is 0 Å². The molecule has 1 aromatic rings. The molecule has 2 heterocycles. The summed E-state index contributed by atoms with van der Waals surface area (Å²) in [7, 11) is 1.90. The topological polar surface area (TPSA) is 38.1 Å². The minimum absolute atomic E-state index is 0.189. The number of hydrogen-bond donors (Lipinski definition) is 0. The number of amides is 1. The third kappa shape index (κ3) is 1.09. The molecule has 0 unspecified atom stereocenters. The highest BCUT2D eigenvalue weighted by molar-refractivity contribution is 5.94. The normalized spacial score (nSPS) is 17.4.